The van der Waals surface area contributed by atoms with E-state index in [1.807, 2.05) is 12.1 Å². The maximum atomic E-state index is 11.8. The Morgan fingerprint density at radius 1 is 1.50 bits per heavy atom. The van der Waals surface area contributed by atoms with Crippen LogP contribution in [0, 0.1) is 0 Å². The van der Waals surface area contributed by atoms with E-state index in [1.165, 1.54) is 0 Å². The lowest BCUT2D eigenvalue weighted by atomic mass is 10.1. The lowest BCUT2D eigenvalue weighted by Crippen LogP contribution is -2.27. The second-order valence-corrected chi connectivity index (χ2v) is 4.06. The zero-order chi connectivity index (χ0) is 12.0. The normalized spacial score (nSPS) is 12.4. The first kappa shape index (κ1) is 12.7. The highest BCUT2D eigenvalue weighted by Crippen LogP contribution is 2.08. The largest absolute Gasteiger partial charge is 0.399 e. The maximum Gasteiger partial charge on any atom is 0.164 e. The van der Waals surface area contributed by atoms with E-state index in [9.17, 15) is 4.79 Å². The molecular weight excluding hydrogens is 200 g/mol. The number of benzene rings is 1. The van der Waals surface area contributed by atoms with Crippen molar-refractivity contribution >= 4 is 11.5 Å². The SMILES string of the molecule is CCC(C)NCCC(=O)c1cccc(N)c1. The van der Waals surface area contributed by atoms with Gasteiger partial charge in [0.1, 0.15) is 0 Å². The van der Waals surface area contributed by atoms with Crippen molar-refractivity contribution in [3.8, 4) is 0 Å². The van der Waals surface area contributed by atoms with E-state index in [0.29, 0.717) is 23.7 Å². The number of hydrogen-bond acceptors (Lipinski definition) is 3. The number of rotatable bonds is 6. The van der Waals surface area contributed by atoms with E-state index in [4.69, 9.17) is 5.73 Å². The van der Waals surface area contributed by atoms with Crippen LogP contribution in [0.4, 0.5) is 5.69 Å². The minimum Gasteiger partial charge on any atom is -0.399 e. The minimum absolute atomic E-state index is 0.142. The summed E-state index contributed by atoms with van der Waals surface area (Å²) in [6, 6.07) is 7.60. The maximum absolute atomic E-state index is 11.8. The highest BCUT2D eigenvalue weighted by Gasteiger charge is 2.06. The lowest BCUT2D eigenvalue weighted by molar-refractivity contribution is 0.0982. The summed E-state index contributed by atoms with van der Waals surface area (Å²) in [4.78, 5) is 11.8. The zero-order valence-corrected chi connectivity index (χ0v) is 9.99. The standard InChI is InChI=1S/C13H20N2O/c1-3-10(2)15-8-7-13(16)11-5-4-6-12(14)9-11/h4-6,9-10,15H,3,7-8,14H2,1-2H3. The van der Waals surface area contributed by atoms with Gasteiger partial charge in [-0.05, 0) is 25.5 Å². The van der Waals surface area contributed by atoms with Crippen molar-refractivity contribution < 1.29 is 4.79 Å². The second kappa shape index (κ2) is 6.28. The van der Waals surface area contributed by atoms with E-state index < -0.39 is 0 Å². The molecule has 0 aliphatic carbocycles. The van der Waals surface area contributed by atoms with Crippen LogP contribution in [0.5, 0.6) is 0 Å². The van der Waals surface area contributed by atoms with Gasteiger partial charge in [-0.15, -0.1) is 0 Å². The number of anilines is 1. The van der Waals surface area contributed by atoms with Gasteiger partial charge in [0.05, 0.1) is 0 Å². The molecule has 0 saturated heterocycles. The molecule has 0 fully saturated rings. The molecule has 0 spiro atoms. The van der Waals surface area contributed by atoms with Gasteiger partial charge < -0.3 is 11.1 Å². The van der Waals surface area contributed by atoms with E-state index in [0.717, 1.165) is 13.0 Å². The number of carbonyl (C=O) groups excluding carboxylic acids is 1. The molecule has 0 amide bonds. The molecule has 0 saturated carbocycles. The summed E-state index contributed by atoms with van der Waals surface area (Å²) < 4.78 is 0. The number of nitrogens with one attached hydrogen (secondary N) is 1. The summed E-state index contributed by atoms with van der Waals surface area (Å²) in [5.41, 5.74) is 6.97. The zero-order valence-electron chi connectivity index (χ0n) is 9.99. The molecule has 1 atom stereocenters. The Kier molecular flexibility index (Phi) is 4.99. The van der Waals surface area contributed by atoms with Crippen molar-refractivity contribution in [2.24, 2.45) is 0 Å². The summed E-state index contributed by atoms with van der Waals surface area (Å²) in [6.07, 6.45) is 1.60. The number of nitrogens with two attached hydrogens (primary N) is 1. The Balaban J connectivity index is 2.41. The number of Topliss-reactive ketones (excluding diaryl/α,β-unsaturated/α-hetero) is 1. The molecule has 3 nitrogen and oxygen atoms in total. The molecule has 1 aromatic rings. The Morgan fingerprint density at radius 2 is 2.25 bits per heavy atom. The predicted octanol–water partition coefficient (Wildman–Crippen LogP) is 2.23. The van der Waals surface area contributed by atoms with Crippen LogP contribution in [0.3, 0.4) is 0 Å². The molecule has 3 N–H and O–H groups in total. The Hall–Kier alpha value is -1.35. The van der Waals surface area contributed by atoms with Crippen LogP contribution >= 0.6 is 0 Å². The van der Waals surface area contributed by atoms with Gasteiger partial charge in [-0.1, -0.05) is 19.1 Å². The monoisotopic (exact) mass is 220 g/mol. The molecule has 0 heterocycles. The summed E-state index contributed by atoms with van der Waals surface area (Å²) in [6.45, 7) is 4.96. The fourth-order valence-electron chi connectivity index (χ4n) is 1.43. The van der Waals surface area contributed by atoms with Crippen molar-refractivity contribution in [2.75, 3.05) is 12.3 Å². The Labute approximate surface area is 97.0 Å². The van der Waals surface area contributed by atoms with Crippen LogP contribution in [0.2, 0.25) is 0 Å². The fraction of sp³-hybridized carbons (Fsp3) is 0.462. The predicted molar refractivity (Wildman–Crippen MR) is 67.6 cm³/mol. The molecule has 0 aliphatic rings. The van der Waals surface area contributed by atoms with Gasteiger partial charge in [0, 0.05) is 30.3 Å². The summed E-state index contributed by atoms with van der Waals surface area (Å²) in [5, 5.41) is 3.30. The minimum atomic E-state index is 0.142. The third kappa shape index (κ3) is 4.03. The van der Waals surface area contributed by atoms with Crippen LogP contribution in [0.15, 0.2) is 24.3 Å². The first-order chi connectivity index (χ1) is 7.63. The van der Waals surface area contributed by atoms with Gasteiger partial charge in [-0.3, -0.25) is 4.79 Å². The molecule has 1 aromatic carbocycles. The van der Waals surface area contributed by atoms with Crippen molar-refractivity contribution in [1.29, 1.82) is 0 Å². The summed E-state index contributed by atoms with van der Waals surface area (Å²) in [7, 11) is 0. The summed E-state index contributed by atoms with van der Waals surface area (Å²) in [5.74, 6) is 0.142. The van der Waals surface area contributed by atoms with Gasteiger partial charge in [-0.2, -0.15) is 0 Å². The molecule has 88 valence electrons. The smallest absolute Gasteiger partial charge is 0.164 e. The molecule has 1 unspecified atom stereocenters. The quantitative estimate of drug-likeness (QED) is 0.571. The number of carbonyl (C=O) groups is 1. The first-order valence-electron chi connectivity index (χ1n) is 5.75. The molecule has 0 aliphatic heterocycles. The van der Waals surface area contributed by atoms with Crippen LogP contribution in [0.25, 0.3) is 0 Å². The molecule has 16 heavy (non-hydrogen) atoms. The van der Waals surface area contributed by atoms with Gasteiger partial charge in [0.2, 0.25) is 0 Å². The highest BCUT2D eigenvalue weighted by atomic mass is 16.1. The van der Waals surface area contributed by atoms with Gasteiger partial charge in [0.15, 0.2) is 5.78 Å². The van der Waals surface area contributed by atoms with Crippen LogP contribution < -0.4 is 11.1 Å². The van der Waals surface area contributed by atoms with E-state index >= 15 is 0 Å². The average Bonchev–Trinajstić information content (AvgIpc) is 2.28. The lowest BCUT2D eigenvalue weighted by Gasteiger charge is -2.10. The van der Waals surface area contributed by atoms with E-state index in [2.05, 4.69) is 19.2 Å². The fourth-order valence-corrected chi connectivity index (χ4v) is 1.43. The Bertz CT molecular complexity index is 350. The topological polar surface area (TPSA) is 55.1 Å². The van der Waals surface area contributed by atoms with Crippen LogP contribution in [-0.4, -0.2) is 18.4 Å². The van der Waals surface area contributed by atoms with Crippen molar-refractivity contribution in [3.63, 3.8) is 0 Å². The number of nitrogen functional groups attached to an aromatic ring is 1. The molecular formula is C13H20N2O. The molecule has 1 rings (SSSR count). The van der Waals surface area contributed by atoms with Gasteiger partial charge in [0.25, 0.3) is 0 Å². The Morgan fingerprint density at radius 3 is 2.88 bits per heavy atom. The number of ketones is 1. The molecule has 3 heteroatoms. The van der Waals surface area contributed by atoms with Crippen molar-refractivity contribution in [3.05, 3.63) is 29.8 Å². The van der Waals surface area contributed by atoms with Crippen molar-refractivity contribution in [1.82, 2.24) is 5.32 Å². The molecule has 0 radical (unpaired) electrons. The highest BCUT2D eigenvalue weighted by molar-refractivity contribution is 5.96. The first-order valence-corrected chi connectivity index (χ1v) is 5.75. The number of hydrogen-bond donors (Lipinski definition) is 2. The van der Waals surface area contributed by atoms with Crippen LogP contribution in [-0.2, 0) is 0 Å². The van der Waals surface area contributed by atoms with E-state index in [-0.39, 0.29) is 5.78 Å². The van der Waals surface area contributed by atoms with Crippen LogP contribution in [0.1, 0.15) is 37.0 Å². The van der Waals surface area contributed by atoms with Gasteiger partial charge >= 0.3 is 0 Å². The molecule has 0 bridgehead atoms. The van der Waals surface area contributed by atoms with Gasteiger partial charge in [-0.25, -0.2) is 0 Å². The van der Waals surface area contributed by atoms with E-state index in [1.54, 1.807) is 12.1 Å². The third-order valence-corrected chi connectivity index (χ3v) is 2.67. The van der Waals surface area contributed by atoms with Crippen molar-refractivity contribution in [2.45, 2.75) is 32.7 Å². The average molecular weight is 220 g/mol. The third-order valence-electron chi connectivity index (χ3n) is 2.67. The molecule has 0 aromatic heterocycles. The summed E-state index contributed by atoms with van der Waals surface area (Å²) >= 11 is 0. The second-order valence-electron chi connectivity index (χ2n) is 4.06.